The molecule has 104 valence electrons. The maximum Gasteiger partial charge on any atom is 0.268 e. The second kappa shape index (κ2) is 5.47. The predicted molar refractivity (Wildman–Crippen MR) is 84.4 cm³/mol. The van der Waals surface area contributed by atoms with Gasteiger partial charge in [0.15, 0.2) is 0 Å². The zero-order chi connectivity index (χ0) is 14.1. The maximum absolute atomic E-state index is 11.9. The fourth-order valence-electron chi connectivity index (χ4n) is 2.12. The maximum atomic E-state index is 11.9. The van der Waals surface area contributed by atoms with E-state index in [-0.39, 0.29) is 5.56 Å². The van der Waals surface area contributed by atoms with Crippen molar-refractivity contribution in [1.82, 2.24) is 14.9 Å². The highest BCUT2D eigenvalue weighted by atomic mass is 32.1. The number of thiophene rings is 2. The van der Waals surface area contributed by atoms with E-state index >= 15 is 0 Å². The van der Waals surface area contributed by atoms with Crippen LogP contribution in [0.4, 0.5) is 0 Å². The highest BCUT2D eigenvalue weighted by Gasteiger charge is 2.14. The topological polar surface area (TPSA) is 49.0 Å². The van der Waals surface area contributed by atoms with E-state index in [1.54, 1.807) is 11.3 Å². The summed E-state index contributed by atoms with van der Waals surface area (Å²) in [5.41, 5.74) is 0.739. The molecule has 3 heterocycles. The van der Waals surface area contributed by atoms with E-state index in [1.165, 1.54) is 16.2 Å². The van der Waals surface area contributed by atoms with Crippen molar-refractivity contribution in [3.63, 3.8) is 0 Å². The Morgan fingerprint density at radius 2 is 2.20 bits per heavy atom. The standard InChI is InChI=1S/C14H15N3OS2/c1-9(11-4-3-6-19-11)17(2)8-12-15-10-5-7-20-13(10)14(18)16-12/h3-7,9H,8H2,1-2H3,(H,15,16,18)/t9-/m1/s1. The molecule has 3 aromatic rings. The average Bonchev–Trinajstić information content (AvgIpc) is 3.08. The van der Waals surface area contributed by atoms with Gasteiger partial charge in [0, 0.05) is 10.9 Å². The number of fused-ring (bicyclic) bond motifs is 1. The molecule has 0 bridgehead atoms. The molecule has 0 unspecified atom stereocenters. The number of aromatic nitrogens is 2. The predicted octanol–water partition coefficient (Wildman–Crippen LogP) is 3.24. The van der Waals surface area contributed by atoms with Crippen molar-refractivity contribution in [2.75, 3.05) is 7.05 Å². The molecule has 1 atom stereocenters. The third kappa shape index (κ3) is 2.54. The summed E-state index contributed by atoms with van der Waals surface area (Å²) in [5.74, 6) is 0.715. The Bertz CT molecular complexity index is 760. The minimum atomic E-state index is -0.0443. The van der Waals surface area contributed by atoms with Crippen molar-refractivity contribution >= 4 is 32.9 Å². The molecule has 1 N–H and O–H groups in total. The Labute approximate surface area is 124 Å². The molecule has 0 aliphatic carbocycles. The fraction of sp³-hybridized carbons (Fsp3) is 0.286. The van der Waals surface area contributed by atoms with Crippen LogP contribution in [0, 0.1) is 0 Å². The molecule has 0 saturated carbocycles. The quantitative estimate of drug-likeness (QED) is 0.805. The van der Waals surface area contributed by atoms with E-state index in [2.05, 4.69) is 39.3 Å². The highest BCUT2D eigenvalue weighted by molar-refractivity contribution is 7.17. The lowest BCUT2D eigenvalue weighted by Gasteiger charge is -2.23. The van der Waals surface area contributed by atoms with E-state index in [1.807, 2.05) is 18.5 Å². The van der Waals surface area contributed by atoms with Gasteiger partial charge in [-0.1, -0.05) is 6.07 Å². The normalized spacial score (nSPS) is 13.2. The van der Waals surface area contributed by atoms with Crippen LogP contribution in [0.2, 0.25) is 0 Å². The Hall–Kier alpha value is -1.50. The molecular formula is C14H15N3OS2. The first-order valence-electron chi connectivity index (χ1n) is 6.35. The molecule has 0 fully saturated rings. The first-order valence-corrected chi connectivity index (χ1v) is 8.11. The van der Waals surface area contributed by atoms with Gasteiger partial charge in [0.05, 0.1) is 12.1 Å². The molecule has 0 aliphatic heterocycles. The number of H-pyrrole nitrogens is 1. The van der Waals surface area contributed by atoms with Gasteiger partial charge in [0.25, 0.3) is 5.56 Å². The summed E-state index contributed by atoms with van der Waals surface area (Å²) in [6.07, 6.45) is 0. The van der Waals surface area contributed by atoms with E-state index in [4.69, 9.17) is 0 Å². The fourth-order valence-corrected chi connectivity index (χ4v) is 3.69. The molecule has 0 saturated heterocycles. The average molecular weight is 305 g/mol. The van der Waals surface area contributed by atoms with Crippen molar-refractivity contribution in [1.29, 1.82) is 0 Å². The smallest absolute Gasteiger partial charge is 0.268 e. The first-order chi connectivity index (χ1) is 9.65. The van der Waals surface area contributed by atoms with Crippen LogP contribution in [0.1, 0.15) is 23.7 Å². The molecular weight excluding hydrogens is 290 g/mol. The molecule has 0 amide bonds. The molecule has 0 spiro atoms. The molecule has 3 rings (SSSR count). The Kier molecular flexibility index (Phi) is 3.69. The largest absolute Gasteiger partial charge is 0.308 e. The van der Waals surface area contributed by atoms with Gasteiger partial charge in [-0.2, -0.15) is 0 Å². The first kappa shape index (κ1) is 13.5. The second-order valence-corrected chi connectivity index (χ2v) is 6.65. The lowest BCUT2D eigenvalue weighted by Crippen LogP contribution is -2.24. The number of aromatic amines is 1. The van der Waals surface area contributed by atoms with Gasteiger partial charge in [-0.3, -0.25) is 9.69 Å². The van der Waals surface area contributed by atoms with Gasteiger partial charge in [0.1, 0.15) is 10.5 Å². The summed E-state index contributed by atoms with van der Waals surface area (Å²) >= 11 is 3.17. The number of nitrogens with zero attached hydrogens (tertiary/aromatic N) is 2. The van der Waals surface area contributed by atoms with Gasteiger partial charge in [-0.05, 0) is 36.9 Å². The highest BCUT2D eigenvalue weighted by Crippen LogP contribution is 2.24. The molecule has 20 heavy (non-hydrogen) atoms. The minimum Gasteiger partial charge on any atom is -0.308 e. The number of hydrogen-bond acceptors (Lipinski definition) is 5. The molecule has 3 aromatic heterocycles. The van der Waals surface area contributed by atoms with Crippen LogP contribution < -0.4 is 5.56 Å². The third-order valence-corrected chi connectivity index (χ3v) is 5.32. The van der Waals surface area contributed by atoms with Gasteiger partial charge in [-0.25, -0.2) is 4.98 Å². The van der Waals surface area contributed by atoms with Crippen LogP contribution in [0.5, 0.6) is 0 Å². The number of rotatable bonds is 4. The summed E-state index contributed by atoms with van der Waals surface area (Å²) in [4.78, 5) is 22.8. The Balaban J connectivity index is 1.83. The van der Waals surface area contributed by atoms with E-state index in [9.17, 15) is 4.79 Å². The minimum absolute atomic E-state index is 0.0443. The van der Waals surface area contributed by atoms with Crippen LogP contribution in [-0.4, -0.2) is 21.9 Å². The summed E-state index contributed by atoms with van der Waals surface area (Å²) < 4.78 is 0.697. The van der Waals surface area contributed by atoms with E-state index in [0.29, 0.717) is 23.1 Å². The molecule has 0 aliphatic rings. The van der Waals surface area contributed by atoms with Crippen molar-refractivity contribution in [2.24, 2.45) is 0 Å². The van der Waals surface area contributed by atoms with Gasteiger partial charge >= 0.3 is 0 Å². The summed E-state index contributed by atoms with van der Waals surface area (Å²) in [6.45, 7) is 2.78. The van der Waals surface area contributed by atoms with E-state index in [0.717, 1.165) is 5.52 Å². The van der Waals surface area contributed by atoms with Crippen molar-refractivity contribution in [3.8, 4) is 0 Å². The van der Waals surface area contributed by atoms with Crippen molar-refractivity contribution < 1.29 is 0 Å². The van der Waals surface area contributed by atoms with Crippen LogP contribution >= 0.6 is 22.7 Å². The summed E-state index contributed by atoms with van der Waals surface area (Å²) in [5, 5.41) is 3.98. The zero-order valence-electron chi connectivity index (χ0n) is 11.3. The lowest BCUT2D eigenvalue weighted by atomic mass is 10.2. The van der Waals surface area contributed by atoms with Gasteiger partial charge in [0.2, 0.25) is 0 Å². The van der Waals surface area contributed by atoms with Crippen molar-refractivity contribution in [3.05, 3.63) is 50.0 Å². The van der Waals surface area contributed by atoms with Gasteiger partial charge in [-0.15, -0.1) is 22.7 Å². The summed E-state index contributed by atoms with van der Waals surface area (Å²) in [7, 11) is 2.04. The van der Waals surface area contributed by atoms with E-state index < -0.39 is 0 Å². The zero-order valence-corrected chi connectivity index (χ0v) is 12.9. The van der Waals surface area contributed by atoms with Crippen LogP contribution in [0.25, 0.3) is 10.2 Å². The Morgan fingerprint density at radius 3 is 2.95 bits per heavy atom. The molecule has 4 nitrogen and oxygen atoms in total. The second-order valence-electron chi connectivity index (χ2n) is 4.75. The van der Waals surface area contributed by atoms with Crippen LogP contribution in [0.15, 0.2) is 33.8 Å². The number of nitrogens with one attached hydrogen (secondary N) is 1. The number of hydrogen-bond donors (Lipinski definition) is 1. The summed E-state index contributed by atoms with van der Waals surface area (Å²) in [6, 6.07) is 6.38. The Morgan fingerprint density at radius 1 is 1.35 bits per heavy atom. The lowest BCUT2D eigenvalue weighted by molar-refractivity contribution is 0.250. The molecule has 0 radical (unpaired) electrons. The molecule has 6 heteroatoms. The SMILES string of the molecule is C[C@H](c1cccs1)N(C)Cc1nc2ccsc2c(=O)[nH]1. The monoisotopic (exact) mass is 305 g/mol. The van der Waals surface area contributed by atoms with Crippen molar-refractivity contribution in [2.45, 2.75) is 19.5 Å². The van der Waals surface area contributed by atoms with Crippen LogP contribution in [0.3, 0.4) is 0 Å². The van der Waals surface area contributed by atoms with Crippen LogP contribution in [-0.2, 0) is 6.54 Å². The molecule has 0 aromatic carbocycles. The van der Waals surface area contributed by atoms with Gasteiger partial charge < -0.3 is 4.98 Å². The third-order valence-electron chi connectivity index (χ3n) is 3.38.